The van der Waals surface area contributed by atoms with Crippen LogP contribution in [0.3, 0.4) is 0 Å². The van der Waals surface area contributed by atoms with Crippen molar-refractivity contribution >= 4 is 17.3 Å². The van der Waals surface area contributed by atoms with Crippen molar-refractivity contribution in [2.24, 2.45) is 0 Å². The summed E-state index contributed by atoms with van der Waals surface area (Å²) in [5.41, 5.74) is -0.567. The van der Waals surface area contributed by atoms with Crippen LogP contribution in [0, 0.1) is 0 Å². The highest BCUT2D eigenvalue weighted by atomic mass is 32.1. The minimum absolute atomic E-state index is 0.158. The van der Waals surface area contributed by atoms with E-state index in [2.05, 4.69) is 4.98 Å². The zero-order chi connectivity index (χ0) is 13.8. The van der Waals surface area contributed by atoms with E-state index < -0.39 is 24.4 Å². The molecule has 7 heteroatoms. The number of rotatable bonds is 7. The van der Waals surface area contributed by atoms with Gasteiger partial charge in [0, 0.05) is 11.8 Å². The van der Waals surface area contributed by atoms with Gasteiger partial charge in [-0.3, -0.25) is 4.79 Å². The molecule has 1 aromatic rings. The second kappa shape index (κ2) is 6.19. The summed E-state index contributed by atoms with van der Waals surface area (Å²) in [6.07, 6.45) is -2.06. The maximum atomic E-state index is 11.8. The number of hydrogen-bond donors (Lipinski definition) is 1. The van der Waals surface area contributed by atoms with Gasteiger partial charge in [0.15, 0.2) is 0 Å². The standard InChI is InChI=1S/C11H15F2NO3S/c1-11(2,10(15)16)7-6-18-9(14-7)3-4-17-5-8(12)13/h6,8H,3-5H2,1-2H3,(H,15,16). The molecule has 0 bridgehead atoms. The number of ether oxygens (including phenoxy) is 1. The van der Waals surface area contributed by atoms with Crippen LogP contribution in [-0.2, 0) is 21.4 Å². The molecule has 0 saturated heterocycles. The molecule has 102 valence electrons. The van der Waals surface area contributed by atoms with Crippen LogP contribution < -0.4 is 0 Å². The summed E-state index contributed by atoms with van der Waals surface area (Å²) < 4.78 is 28.4. The van der Waals surface area contributed by atoms with Gasteiger partial charge in [0.05, 0.1) is 17.3 Å². The zero-order valence-electron chi connectivity index (χ0n) is 10.2. The average Bonchev–Trinajstić information content (AvgIpc) is 2.73. The largest absolute Gasteiger partial charge is 0.481 e. The number of carboxylic acid groups (broad SMARTS) is 1. The Morgan fingerprint density at radius 2 is 2.28 bits per heavy atom. The third-order valence-electron chi connectivity index (χ3n) is 2.43. The van der Waals surface area contributed by atoms with Crippen molar-refractivity contribution < 1.29 is 23.4 Å². The molecule has 4 nitrogen and oxygen atoms in total. The summed E-state index contributed by atoms with van der Waals surface area (Å²) in [7, 11) is 0. The Morgan fingerprint density at radius 3 is 2.83 bits per heavy atom. The molecule has 0 fully saturated rings. The Bertz CT molecular complexity index is 407. The van der Waals surface area contributed by atoms with Gasteiger partial charge in [-0.05, 0) is 13.8 Å². The Hall–Kier alpha value is -1.08. The zero-order valence-corrected chi connectivity index (χ0v) is 11.0. The van der Waals surface area contributed by atoms with Crippen molar-refractivity contribution in [2.75, 3.05) is 13.2 Å². The molecule has 1 N–H and O–H groups in total. The van der Waals surface area contributed by atoms with Gasteiger partial charge in [-0.1, -0.05) is 0 Å². The van der Waals surface area contributed by atoms with E-state index in [1.54, 1.807) is 19.2 Å². The number of aromatic nitrogens is 1. The maximum absolute atomic E-state index is 11.8. The van der Waals surface area contributed by atoms with Crippen LogP contribution in [0.4, 0.5) is 8.78 Å². The van der Waals surface area contributed by atoms with Crippen molar-refractivity contribution in [2.45, 2.75) is 32.1 Å². The first-order valence-corrected chi connectivity index (χ1v) is 6.26. The van der Waals surface area contributed by atoms with E-state index in [0.29, 0.717) is 17.1 Å². The van der Waals surface area contributed by atoms with Gasteiger partial charge < -0.3 is 9.84 Å². The normalized spacial score (nSPS) is 12.1. The van der Waals surface area contributed by atoms with E-state index in [1.807, 2.05) is 0 Å². The van der Waals surface area contributed by atoms with Gasteiger partial charge in [-0.2, -0.15) is 0 Å². The second-order valence-electron chi connectivity index (χ2n) is 4.27. The number of carboxylic acids is 1. The number of carbonyl (C=O) groups is 1. The van der Waals surface area contributed by atoms with Crippen LogP contribution in [0.1, 0.15) is 24.5 Å². The number of hydrogen-bond acceptors (Lipinski definition) is 4. The third-order valence-corrected chi connectivity index (χ3v) is 3.34. The van der Waals surface area contributed by atoms with E-state index in [4.69, 9.17) is 9.84 Å². The summed E-state index contributed by atoms with van der Waals surface area (Å²) in [6, 6.07) is 0. The molecule has 0 aliphatic carbocycles. The lowest BCUT2D eigenvalue weighted by Crippen LogP contribution is -2.28. The van der Waals surface area contributed by atoms with Gasteiger partial charge in [0.2, 0.25) is 0 Å². The molecule has 0 radical (unpaired) electrons. The first-order chi connectivity index (χ1) is 8.34. The lowest BCUT2D eigenvalue weighted by atomic mass is 9.90. The van der Waals surface area contributed by atoms with Gasteiger partial charge >= 0.3 is 5.97 Å². The van der Waals surface area contributed by atoms with Crippen LogP contribution in [0.5, 0.6) is 0 Å². The summed E-state index contributed by atoms with van der Waals surface area (Å²) in [5, 5.41) is 11.4. The van der Waals surface area contributed by atoms with Crippen LogP contribution in [-0.4, -0.2) is 35.7 Å². The minimum Gasteiger partial charge on any atom is -0.481 e. The van der Waals surface area contributed by atoms with E-state index in [0.717, 1.165) is 0 Å². The van der Waals surface area contributed by atoms with E-state index >= 15 is 0 Å². The van der Waals surface area contributed by atoms with Gasteiger partial charge in [0.25, 0.3) is 6.43 Å². The lowest BCUT2D eigenvalue weighted by Gasteiger charge is -2.15. The quantitative estimate of drug-likeness (QED) is 0.778. The molecule has 1 aromatic heterocycles. The van der Waals surface area contributed by atoms with Gasteiger partial charge in [-0.25, -0.2) is 13.8 Å². The summed E-state index contributed by atoms with van der Waals surface area (Å²) in [6.45, 7) is 2.71. The fraction of sp³-hybridized carbons (Fsp3) is 0.636. The minimum atomic E-state index is -2.47. The molecule has 18 heavy (non-hydrogen) atoms. The predicted molar refractivity (Wildman–Crippen MR) is 63.3 cm³/mol. The van der Waals surface area contributed by atoms with Crippen LogP contribution in [0.15, 0.2) is 5.38 Å². The predicted octanol–water partition coefficient (Wildman–Crippen LogP) is 2.33. The Labute approximate surface area is 108 Å². The smallest absolute Gasteiger partial charge is 0.315 e. The SMILES string of the molecule is CC(C)(C(=O)O)c1csc(CCOCC(F)F)n1. The molecule has 0 aliphatic rings. The monoisotopic (exact) mass is 279 g/mol. The number of alkyl halides is 2. The molecular formula is C11H15F2NO3S. The summed E-state index contributed by atoms with van der Waals surface area (Å²) in [4.78, 5) is 15.2. The fourth-order valence-electron chi connectivity index (χ4n) is 1.15. The van der Waals surface area contributed by atoms with E-state index in [-0.39, 0.29) is 6.61 Å². The average molecular weight is 279 g/mol. The second-order valence-corrected chi connectivity index (χ2v) is 5.22. The molecule has 0 amide bonds. The molecule has 0 atom stereocenters. The van der Waals surface area contributed by atoms with E-state index in [1.165, 1.54) is 11.3 Å². The molecule has 1 rings (SSSR count). The van der Waals surface area contributed by atoms with Crippen molar-refractivity contribution in [1.82, 2.24) is 4.98 Å². The Balaban J connectivity index is 2.51. The van der Waals surface area contributed by atoms with Crippen molar-refractivity contribution in [3.63, 3.8) is 0 Å². The van der Waals surface area contributed by atoms with Crippen molar-refractivity contribution in [3.8, 4) is 0 Å². The molecule has 0 spiro atoms. The van der Waals surface area contributed by atoms with Crippen LogP contribution >= 0.6 is 11.3 Å². The maximum Gasteiger partial charge on any atom is 0.315 e. The van der Waals surface area contributed by atoms with Crippen molar-refractivity contribution in [1.29, 1.82) is 0 Å². The number of aliphatic carboxylic acids is 1. The molecule has 1 heterocycles. The van der Waals surface area contributed by atoms with Crippen LogP contribution in [0.2, 0.25) is 0 Å². The highest BCUT2D eigenvalue weighted by Crippen LogP contribution is 2.25. The fourth-order valence-corrected chi connectivity index (χ4v) is 2.10. The first kappa shape index (κ1) is 15.0. The lowest BCUT2D eigenvalue weighted by molar-refractivity contribution is -0.142. The van der Waals surface area contributed by atoms with Crippen LogP contribution in [0.25, 0.3) is 0 Å². The Kier molecular flexibility index (Phi) is 5.15. The van der Waals surface area contributed by atoms with Gasteiger partial charge in [-0.15, -0.1) is 11.3 Å². The molecule has 0 aromatic carbocycles. The van der Waals surface area contributed by atoms with Gasteiger partial charge in [0.1, 0.15) is 12.0 Å². The number of thiazole rings is 1. The molecule has 0 saturated carbocycles. The first-order valence-electron chi connectivity index (χ1n) is 5.38. The number of nitrogens with zero attached hydrogens (tertiary/aromatic N) is 1. The number of halogens is 2. The highest BCUT2D eigenvalue weighted by Gasteiger charge is 2.31. The molecule has 0 unspecified atom stereocenters. The van der Waals surface area contributed by atoms with Crippen molar-refractivity contribution in [3.05, 3.63) is 16.1 Å². The molecular weight excluding hydrogens is 264 g/mol. The Morgan fingerprint density at radius 1 is 1.61 bits per heavy atom. The topological polar surface area (TPSA) is 59.4 Å². The molecule has 0 aliphatic heterocycles. The van der Waals surface area contributed by atoms with E-state index in [9.17, 15) is 13.6 Å². The summed E-state index contributed by atoms with van der Waals surface area (Å²) >= 11 is 1.31. The summed E-state index contributed by atoms with van der Waals surface area (Å²) in [5.74, 6) is -0.951. The third kappa shape index (κ3) is 3.99. The highest BCUT2D eigenvalue weighted by molar-refractivity contribution is 7.09.